The van der Waals surface area contributed by atoms with Crippen LogP contribution in [0.2, 0.25) is 0 Å². The van der Waals surface area contributed by atoms with Crippen LogP contribution >= 0.6 is 11.6 Å². The van der Waals surface area contributed by atoms with Crippen molar-refractivity contribution in [1.29, 1.82) is 0 Å². The van der Waals surface area contributed by atoms with Gasteiger partial charge in [-0.2, -0.15) is 0 Å². The Kier molecular flexibility index (Phi) is 4.06. The maximum atomic E-state index is 5.61. The van der Waals surface area contributed by atoms with Crippen molar-refractivity contribution in [1.82, 2.24) is 0 Å². The maximum Gasteiger partial charge on any atom is 0.171 e. The number of halogens is 1. The molecular weight excluding hydrogens is 176 g/mol. The summed E-state index contributed by atoms with van der Waals surface area (Å²) < 4.78 is 10.6. The lowest BCUT2D eigenvalue weighted by atomic mass is 10.3. The van der Waals surface area contributed by atoms with Gasteiger partial charge in [0.05, 0.1) is 12.0 Å². The Bertz CT molecular complexity index is 164. The van der Waals surface area contributed by atoms with Gasteiger partial charge < -0.3 is 9.47 Å². The number of hydrogen-bond donors (Lipinski definition) is 0. The minimum absolute atomic E-state index is 0.202. The predicted molar refractivity (Wildman–Crippen MR) is 49.4 cm³/mol. The molecule has 0 saturated carbocycles. The molecule has 0 bridgehead atoms. The fourth-order valence-corrected chi connectivity index (χ4v) is 1.51. The van der Waals surface area contributed by atoms with E-state index in [9.17, 15) is 0 Å². The first-order valence-corrected chi connectivity index (χ1v) is 4.71. The number of methoxy groups -OCH3 is 1. The monoisotopic (exact) mass is 190 g/mol. The van der Waals surface area contributed by atoms with E-state index < -0.39 is 0 Å². The summed E-state index contributed by atoms with van der Waals surface area (Å²) >= 11 is 5.61. The second-order valence-corrected chi connectivity index (χ2v) is 3.35. The van der Waals surface area contributed by atoms with Crippen LogP contribution in [0.25, 0.3) is 0 Å². The van der Waals surface area contributed by atoms with Gasteiger partial charge in [0.1, 0.15) is 0 Å². The molecule has 0 aliphatic heterocycles. The highest BCUT2D eigenvalue weighted by Gasteiger charge is 2.17. The number of hydrogen-bond acceptors (Lipinski definition) is 2. The highest BCUT2D eigenvalue weighted by molar-refractivity contribution is 6.18. The zero-order valence-electron chi connectivity index (χ0n) is 7.55. The van der Waals surface area contributed by atoms with Crippen molar-refractivity contribution in [3.63, 3.8) is 0 Å². The number of alkyl halides is 1. The highest BCUT2D eigenvalue weighted by atomic mass is 35.5. The standard InChI is InChI=1S/C9H15ClO2/c1-7-3-4-8(5-7)12-9(6-10)11-2/h5,8-9H,3-4,6H2,1-2H3. The van der Waals surface area contributed by atoms with Crippen LogP contribution in [0.1, 0.15) is 19.8 Å². The summed E-state index contributed by atoms with van der Waals surface area (Å²) in [6.45, 7) is 2.12. The minimum Gasteiger partial charge on any atom is -0.355 e. The van der Waals surface area contributed by atoms with Gasteiger partial charge in [-0.15, -0.1) is 11.6 Å². The molecule has 2 unspecified atom stereocenters. The first-order chi connectivity index (χ1) is 5.76. The molecule has 70 valence electrons. The lowest BCUT2D eigenvalue weighted by molar-refractivity contribution is -0.128. The molecule has 12 heavy (non-hydrogen) atoms. The van der Waals surface area contributed by atoms with Crippen molar-refractivity contribution < 1.29 is 9.47 Å². The summed E-state index contributed by atoms with van der Waals surface area (Å²) in [5.41, 5.74) is 1.39. The third-order valence-corrected chi connectivity index (χ3v) is 2.26. The molecule has 0 radical (unpaired) electrons. The highest BCUT2D eigenvalue weighted by Crippen LogP contribution is 2.21. The summed E-state index contributed by atoms with van der Waals surface area (Å²) in [7, 11) is 1.61. The minimum atomic E-state index is -0.265. The van der Waals surface area contributed by atoms with Crippen molar-refractivity contribution in [2.75, 3.05) is 13.0 Å². The van der Waals surface area contributed by atoms with Crippen LogP contribution in [0, 0.1) is 0 Å². The average Bonchev–Trinajstić information content (AvgIpc) is 2.47. The van der Waals surface area contributed by atoms with E-state index in [-0.39, 0.29) is 12.4 Å². The van der Waals surface area contributed by atoms with Crippen molar-refractivity contribution in [2.45, 2.75) is 32.2 Å². The Hall–Kier alpha value is -0.0500. The number of ether oxygens (including phenoxy) is 2. The zero-order valence-corrected chi connectivity index (χ0v) is 8.30. The van der Waals surface area contributed by atoms with Gasteiger partial charge in [0.15, 0.2) is 6.29 Å². The first kappa shape index (κ1) is 10.0. The molecule has 1 rings (SSSR count). The molecule has 2 nitrogen and oxygen atoms in total. The van der Waals surface area contributed by atoms with Crippen molar-refractivity contribution in [2.24, 2.45) is 0 Å². The van der Waals surface area contributed by atoms with E-state index in [0.29, 0.717) is 5.88 Å². The fraction of sp³-hybridized carbons (Fsp3) is 0.778. The van der Waals surface area contributed by atoms with E-state index in [1.54, 1.807) is 7.11 Å². The number of rotatable bonds is 4. The fourth-order valence-electron chi connectivity index (χ4n) is 1.31. The van der Waals surface area contributed by atoms with Gasteiger partial charge in [-0.1, -0.05) is 11.6 Å². The molecule has 0 N–H and O–H groups in total. The van der Waals surface area contributed by atoms with E-state index in [1.807, 2.05) is 0 Å². The molecule has 1 aliphatic carbocycles. The van der Waals surface area contributed by atoms with Crippen LogP contribution in [0.3, 0.4) is 0 Å². The molecular formula is C9H15ClO2. The quantitative estimate of drug-likeness (QED) is 0.385. The van der Waals surface area contributed by atoms with Crippen LogP contribution in [-0.4, -0.2) is 25.4 Å². The molecule has 3 heteroatoms. The second kappa shape index (κ2) is 4.85. The Morgan fingerprint density at radius 3 is 2.92 bits per heavy atom. The largest absolute Gasteiger partial charge is 0.355 e. The molecule has 0 aromatic rings. The summed E-state index contributed by atoms with van der Waals surface area (Å²) in [4.78, 5) is 0. The Morgan fingerprint density at radius 1 is 1.75 bits per heavy atom. The summed E-state index contributed by atoms with van der Waals surface area (Å²) in [6.07, 6.45) is 4.26. The lowest BCUT2D eigenvalue weighted by Gasteiger charge is -2.17. The SMILES string of the molecule is COC(CCl)OC1C=C(C)CC1. The molecule has 0 heterocycles. The van der Waals surface area contributed by atoms with Gasteiger partial charge in [-0.3, -0.25) is 0 Å². The molecule has 0 saturated heterocycles. The molecule has 0 aromatic carbocycles. The topological polar surface area (TPSA) is 18.5 Å². The van der Waals surface area contributed by atoms with E-state index >= 15 is 0 Å². The number of allylic oxidation sites excluding steroid dienone is 1. The molecule has 0 fully saturated rings. The molecule has 0 spiro atoms. The Balaban J connectivity index is 2.31. The Labute approximate surface area is 78.5 Å². The van der Waals surface area contributed by atoms with E-state index in [2.05, 4.69) is 13.0 Å². The van der Waals surface area contributed by atoms with Gasteiger partial charge in [0.25, 0.3) is 0 Å². The van der Waals surface area contributed by atoms with Gasteiger partial charge in [-0.25, -0.2) is 0 Å². The van der Waals surface area contributed by atoms with Gasteiger partial charge in [0.2, 0.25) is 0 Å². The van der Waals surface area contributed by atoms with E-state index in [1.165, 1.54) is 5.57 Å². The molecule has 2 atom stereocenters. The van der Waals surface area contributed by atoms with Crippen LogP contribution < -0.4 is 0 Å². The molecule has 1 aliphatic rings. The van der Waals surface area contributed by atoms with Crippen LogP contribution in [0.15, 0.2) is 11.6 Å². The summed E-state index contributed by atoms with van der Waals surface area (Å²) in [6, 6.07) is 0. The smallest absolute Gasteiger partial charge is 0.171 e. The molecule has 0 aromatic heterocycles. The third kappa shape index (κ3) is 2.77. The Morgan fingerprint density at radius 2 is 2.50 bits per heavy atom. The second-order valence-electron chi connectivity index (χ2n) is 3.05. The van der Waals surface area contributed by atoms with Crippen LogP contribution in [0.4, 0.5) is 0 Å². The van der Waals surface area contributed by atoms with Gasteiger partial charge in [-0.05, 0) is 19.8 Å². The third-order valence-electron chi connectivity index (χ3n) is 2.01. The maximum absolute atomic E-state index is 5.61. The van der Waals surface area contributed by atoms with Gasteiger partial charge in [0, 0.05) is 7.11 Å². The van der Waals surface area contributed by atoms with Crippen LogP contribution in [-0.2, 0) is 9.47 Å². The van der Waals surface area contributed by atoms with E-state index in [0.717, 1.165) is 12.8 Å². The van der Waals surface area contributed by atoms with E-state index in [4.69, 9.17) is 21.1 Å². The van der Waals surface area contributed by atoms with Crippen molar-refractivity contribution in [3.05, 3.63) is 11.6 Å². The lowest BCUT2D eigenvalue weighted by Crippen LogP contribution is -2.22. The average molecular weight is 191 g/mol. The summed E-state index contributed by atoms with van der Waals surface area (Å²) in [5, 5.41) is 0. The first-order valence-electron chi connectivity index (χ1n) is 4.17. The predicted octanol–water partition coefficient (Wildman–Crippen LogP) is 2.32. The van der Waals surface area contributed by atoms with Crippen LogP contribution in [0.5, 0.6) is 0 Å². The normalized spacial score (nSPS) is 25.6. The van der Waals surface area contributed by atoms with Crippen molar-refractivity contribution in [3.8, 4) is 0 Å². The van der Waals surface area contributed by atoms with Crippen molar-refractivity contribution >= 4 is 11.6 Å². The van der Waals surface area contributed by atoms with Gasteiger partial charge >= 0.3 is 0 Å². The zero-order chi connectivity index (χ0) is 8.97. The molecule has 0 amide bonds. The summed E-state index contributed by atoms with van der Waals surface area (Å²) in [5.74, 6) is 0.389.